The Bertz CT molecular complexity index is 889. The van der Waals surface area contributed by atoms with Crippen LogP contribution in [-0.2, 0) is 0 Å². The topological polar surface area (TPSA) is 88.7 Å². The molecular weight excluding hydrogens is 446 g/mol. The molecule has 2 amide bonds. The number of amides is 2. The summed E-state index contributed by atoms with van der Waals surface area (Å²) in [4.78, 5) is 24.5. The molecule has 2 aromatic carbocycles. The van der Waals surface area contributed by atoms with Crippen LogP contribution in [0.2, 0.25) is 0 Å². The molecule has 0 saturated heterocycles. The predicted molar refractivity (Wildman–Crippen MR) is 114 cm³/mol. The van der Waals surface area contributed by atoms with Crippen LogP contribution < -0.4 is 25.6 Å². The molecule has 2 aromatic rings. The number of carbonyl (C=O) groups is 2. The van der Waals surface area contributed by atoms with Gasteiger partial charge in [-0.3, -0.25) is 25.8 Å². The zero-order valence-corrected chi connectivity index (χ0v) is 17.9. The summed E-state index contributed by atoms with van der Waals surface area (Å²) in [6.45, 7) is 3.80. The number of carbonyl (C=O) groups excluding carboxylic acids is 2. The second kappa shape index (κ2) is 10.0. The van der Waals surface area contributed by atoms with Gasteiger partial charge in [0.25, 0.3) is 11.8 Å². The van der Waals surface area contributed by atoms with Gasteiger partial charge in [0.15, 0.2) is 5.11 Å². The highest BCUT2D eigenvalue weighted by atomic mass is 79.9. The van der Waals surface area contributed by atoms with Crippen LogP contribution in [-0.4, -0.2) is 30.1 Å². The number of rotatable bonds is 5. The Hall–Kier alpha value is -2.65. The van der Waals surface area contributed by atoms with E-state index in [1.165, 1.54) is 7.11 Å². The van der Waals surface area contributed by atoms with Gasteiger partial charge in [-0.05, 0) is 78.4 Å². The molecular formula is C19H20BrN3O4S. The van der Waals surface area contributed by atoms with E-state index in [-0.39, 0.29) is 11.2 Å². The smallest absolute Gasteiger partial charge is 0.269 e. The van der Waals surface area contributed by atoms with Crippen LogP contribution in [0.4, 0.5) is 0 Å². The molecule has 2 rings (SSSR count). The van der Waals surface area contributed by atoms with Gasteiger partial charge in [0, 0.05) is 11.1 Å². The molecule has 0 aliphatic rings. The number of hydrazine groups is 1. The predicted octanol–water partition coefficient (Wildman–Crippen LogP) is 3.19. The minimum Gasteiger partial charge on any atom is -0.496 e. The van der Waals surface area contributed by atoms with Crippen molar-refractivity contribution in [2.24, 2.45) is 0 Å². The van der Waals surface area contributed by atoms with Crippen LogP contribution in [0.25, 0.3) is 0 Å². The average molecular weight is 466 g/mol. The zero-order valence-electron chi connectivity index (χ0n) is 15.5. The van der Waals surface area contributed by atoms with Crippen LogP contribution in [0.1, 0.15) is 34.6 Å². The summed E-state index contributed by atoms with van der Waals surface area (Å²) in [6, 6.07) is 11.6. The van der Waals surface area contributed by atoms with E-state index in [4.69, 9.17) is 21.7 Å². The Labute approximate surface area is 176 Å². The Morgan fingerprint density at radius 2 is 1.75 bits per heavy atom. The summed E-state index contributed by atoms with van der Waals surface area (Å²) in [5.41, 5.74) is 5.69. The van der Waals surface area contributed by atoms with Gasteiger partial charge in [-0.25, -0.2) is 0 Å². The van der Waals surface area contributed by atoms with Gasteiger partial charge < -0.3 is 9.47 Å². The maximum Gasteiger partial charge on any atom is 0.269 e. The molecule has 0 aliphatic carbocycles. The molecule has 3 N–H and O–H groups in total. The highest BCUT2D eigenvalue weighted by Gasteiger charge is 2.12. The molecule has 28 heavy (non-hydrogen) atoms. The van der Waals surface area contributed by atoms with Crippen LogP contribution in [0.15, 0.2) is 46.9 Å². The maximum atomic E-state index is 12.3. The first-order chi connectivity index (χ1) is 13.3. The SMILES string of the molecule is COc1ccc(C(=O)NNC(=S)NC(=O)c2cccc(OC(C)C)c2)cc1Br. The van der Waals surface area contributed by atoms with E-state index in [1.54, 1.807) is 42.5 Å². The minimum atomic E-state index is -0.424. The van der Waals surface area contributed by atoms with E-state index in [0.717, 1.165) is 0 Å². The van der Waals surface area contributed by atoms with Crippen molar-refractivity contribution in [3.63, 3.8) is 0 Å². The summed E-state index contributed by atoms with van der Waals surface area (Å²) >= 11 is 8.36. The molecule has 148 valence electrons. The number of thiocarbonyl (C=S) groups is 1. The maximum absolute atomic E-state index is 12.3. The monoisotopic (exact) mass is 465 g/mol. The fraction of sp³-hybridized carbons (Fsp3) is 0.211. The fourth-order valence-electron chi connectivity index (χ4n) is 2.18. The molecule has 0 fully saturated rings. The van der Waals surface area contributed by atoms with Crippen molar-refractivity contribution in [2.75, 3.05) is 7.11 Å². The third-order valence-electron chi connectivity index (χ3n) is 3.40. The molecule has 0 spiro atoms. The zero-order chi connectivity index (χ0) is 20.7. The summed E-state index contributed by atoms with van der Waals surface area (Å²) in [5.74, 6) is 0.344. The minimum absolute atomic E-state index is 0.00532. The lowest BCUT2D eigenvalue weighted by Crippen LogP contribution is -2.48. The number of methoxy groups -OCH3 is 1. The first-order valence-electron chi connectivity index (χ1n) is 8.32. The molecule has 0 saturated carbocycles. The lowest BCUT2D eigenvalue weighted by atomic mass is 10.2. The highest BCUT2D eigenvalue weighted by molar-refractivity contribution is 9.10. The number of hydrogen-bond donors (Lipinski definition) is 3. The first-order valence-corrected chi connectivity index (χ1v) is 9.52. The van der Waals surface area contributed by atoms with Crippen LogP contribution >= 0.6 is 28.1 Å². The van der Waals surface area contributed by atoms with E-state index in [2.05, 4.69) is 32.1 Å². The quantitative estimate of drug-likeness (QED) is 0.464. The molecule has 7 nitrogen and oxygen atoms in total. The van der Waals surface area contributed by atoms with Crippen LogP contribution in [0.5, 0.6) is 11.5 Å². The van der Waals surface area contributed by atoms with Crippen molar-refractivity contribution >= 4 is 45.1 Å². The first kappa shape index (κ1) is 21.6. The Balaban J connectivity index is 1.90. The van der Waals surface area contributed by atoms with Gasteiger partial charge in [0.1, 0.15) is 11.5 Å². The molecule has 0 aromatic heterocycles. The molecule has 0 aliphatic heterocycles. The summed E-state index contributed by atoms with van der Waals surface area (Å²) in [5, 5.41) is 2.45. The summed E-state index contributed by atoms with van der Waals surface area (Å²) in [6.07, 6.45) is -0.00532. The van der Waals surface area contributed by atoms with Gasteiger partial charge in [-0.1, -0.05) is 6.07 Å². The lowest BCUT2D eigenvalue weighted by Gasteiger charge is -2.13. The van der Waals surface area contributed by atoms with E-state index < -0.39 is 11.8 Å². The average Bonchev–Trinajstić information content (AvgIpc) is 2.65. The van der Waals surface area contributed by atoms with E-state index in [1.807, 2.05) is 13.8 Å². The standard InChI is InChI=1S/C19H20BrN3O4S/c1-11(2)27-14-6-4-5-12(9-14)17(24)21-19(28)23-22-18(25)13-7-8-16(26-3)15(20)10-13/h4-11H,1-3H3,(H,22,25)(H2,21,23,24,28). The van der Waals surface area contributed by atoms with Crippen molar-refractivity contribution in [2.45, 2.75) is 20.0 Å². The molecule has 9 heteroatoms. The second-order valence-corrected chi connectivity index (χ2v) is 7.17. The number of ether oxygens (including phenoxy) is 2. The second-order valence-electron chi connectivity index (χ2n) is 5.91. The van der Waals surface area contributed by atoms with Crippen LogP contribution in [0.3, 0.4) is 0 Å². The number of benzene rings is 2. The van der Waals surface area contributed by atoms with Gasteiger partial charge in [-0.2, -0.15) is 0 Å². The number of nitrogens with one attached hydrogen (secondary N) is 3. The van der Waals surface area contributed by atoms with Crippen molar-refractivity contribution in [3.8, 4) is 11.5 Å². The molecule has 0 heterocycles. The molecule has 0 bridgehead atoms. The molecule has 0 unspecified atom stereocenters. The van der Waals surface area contributed by atoms with E-state index >= 15 is 0 Å². The van der Waals surface area contributed by atoms with E-state index in [0.29, 0.717) is 27.1 Å². The van der Waals surface area contributed by atoms with Gasteiger partial charge >= 0.3 is 0 Å². The third-order valence-corrected chi connectivity index (χ3v) is 4.22. The summed E-state index contributed by atoms with van der Waals surface area (Å²) < 4.78 is 11.3. The molecule has 0 atom stereocenters. The Morgan fingerprint density at radius 1 is 1.04 bits per heavy atom. The van der Waals surface area contributed by atoms with Crippen molar-refractivity contribution < 1.29 is 19.1 Å². The normalized spacial score (nSPS) is 10.2. The van der Waals surface area contributed by atoms with Gasteiger partial charge in [-0.15, -0.1) is 0 Å². The van der Waals surface area contributed by atoms with Crippen molar-refractivity contribution in [1.82, 2.24) is 16.2 Å². The molecule has 0 radical (unpaired) electrons. The highest BCUT2D eigenvalue weighted by Crippen LogP contribution is 2.25. The van der Waals surface area contributed by atoms with E-state index in [9.17, 15) is 9.59 Å². The number of halogens is 1. The Morgan fingerprint density at radius 3 is 2.39 bits per heavy atom. The fourth-order valence-corrected chi connectivity index (χ4v) is 2.87. The lowest BCUT2D eigenvalue weighted by molar-refractivity contribution is 0.0934. The van der Waals surface area contributed by atoms with Crippen LogP contribution in [0, 0.1) is 0 Å². The third kappa shape index (κ3) is 6.21. The Kier molecular flexibility index (Phi) is 7.77. The largest absolute Gasteiger partial charge is 0.496 e. The number of hydrogen-bond acceptors (Lipinski definition) is 5. The summed E-state index contributed by atoms with van der Waals surface area (Å²) in [7, 11) is 1.53. The van der Waals surface area contributed by atoms with Crippen molar-refractivity contribution in [3.05, 3.63) is 58.1 Å². The van der Waals surface area contributed by atoms with Gasteiger partial charge in [0.2, 0.25) is 0 Å². The van der Waals surface area contributed by atoms with Crippen molar-refractivity contribution in [1.29, 1.82) is 0 Å². The van der Waals surface area contributed by atoms with Gasteiger partial charge in [0.05, 0.1) is 17.7 Å².